The first-order chi connectivity index (χ1) is 10.4. The molecule has 0 spiro atoms. The van der Waals surface area contributed by atoms with Gasteiger partial charge in [0.15, 0.2) is 0 Å². The third-order valence-electron chi connectivity index (χ3n) is 3.16. The Bertz CT molecular complexity index is 666. The van der Waals surface area contributed by atoms with Crippen LogP contribution in [0.2, 0.25) is 0 Å². The zero-order chi connectivity index (χ0) is 16.3. The van der Waals surface area contributed by atoms with Crippen LogP contribution < -0.4 is 9.03 Å². The molecule has 0 amide bonds. The largest absolute Gasteiger partial charge is 0.465 e. The zero-order valence-corrected chi connectivity index (χ0v) is 13.0. The number of carbonyl (C=O) groups excluding carboxylic acids is 2. The topological polar surface area (TPSA) is 102 Å². The van der Waals surface area contributed by atoms with Gasteiger partial charge in [-0.1, -0.05) is 0 Å². The summed E-state index contributed by atoms with van der Waals surface area (Å²) in [4.78, 5) is 23.4. The molecule has 8 nitrogen and oxygen atoms in total. The SMILES string of the molecule is COC(=O)c1cc(C(=O)OC)cc(N2CCCNS2(=O)=O)c1. The molecule has 1 aromatic rings. The first-order valence-electron chi connectivity index (χ1n) is 6.48. The number of methoxy groups -OCH3 is 2. The summed E-state index contributed by atoms with van der Waals surface area (Å²) < 4.78 is 36.9. The third-order valence-corrected chi connectivity index (χ3v) is 4.70. The van der Waals surface area contributed by atoms with Gasteiger partial charge in [0.25, 0.3) is 0 Å². The van der Waals surface area contributed by atoms with Crippen molar-refractivity contribution < 1.29 is 27.5 Å². The summed E-state index contributed by atoms with van der Waals surface area (Å²) in [5.74, 6) is -1.34. The van der Waals surface area contributed by atoms with Crippen molar-refractivity contribution in [2.24, 2.45) is 0 Å². The monoisotopic (exact) mass is 328 g/mol. The second kappa shape index (κ2) is 6.32. The highest BCUT2D eigenvalue weighted by Gasteiger charge is 2.27. The zero-order valence-electron chi connectivity index (χ0n) is 12.2. The van der Waals surface area contributed by atoms with E-state index in [4.69, 9.17) is 0 Å². The van der Waals surface area contributed by atoms with Crippen molar-refractivity contribution in [2.75, 3.05) is 31.6 Å². The van der Waals surface area contributed by atoms with Crippen molar-refractivity contribution in [3.8, 4) is 0 Å². The number of nitrogens with one attached hydrogen (secondary N) is 1. The summed E-state index contributed by atoms with van der Waals surface area (Å²) in [6.07, 6.45) is 0.606. The second-order valence-corrected chi connectivity index (χ2v) is 6.26. The van der Waals surface area contributed by atoms with Gasteiger partial charge in [-0.05, 0) is 24.6 Å². The van der Waals surface area contributed by atoms with Crippen molar-refractivity contribution in [1.82, 2.24) is 4.72 Å². The van der Waals surface area contributed by atoms with E-state index in [1.165, 1.54) is 32.4 Å². The molecule has 1 heterocycles. The van der Waals surface area contributed by atoms with Gasteiger partial charge in [0, 0.05) is 13.1 Å². The summed E-state index contributed by atoms with van der Waals surface area (Å²) in [7, 11) is -1.30. The Labute approximate surface area is 128 Å². The number of benzene rings is 1. The van der Waals surface area contributed by atoms with Crippen LogP contribution in [-0.4, -0.2) is 47.7 Å². The molecule has 1 aliphatic heterocycles. The number of hydrogen-bond donors (Lipinski definition) is 1. The predicted molar refractivity (Wildman–Crippen MR) is 78.0 cm³/mol. The first-order valence-corrected chi connectivity index (χ1v) is 7.92. The minimum Gasteiger partial charge on any atom is -0.465 e. The number of ether oxygens (including phenoxy) is 2. The first kappa shape index (κ1) is 16.2. The highest BCUT2D eigenvalue weighted by molar-refractivity contribution is 7.90. The molecule has 0 bridgehead atoms. The molecule has 120 valence electrons. The molecule has 0 unspecified atom stereocenters. The van der Waals surface area contributed by atoms with Crippen LogP contribution in [0, 0.1) is 0 Å². The average Bonchev–Trinajstić information content (AvgIpc) is 2.52. The fourth-order valence-corrected chi connectivity index (χ4v) is 3.43. The van der Waals surface area contributed by atoms with Gasteiger partial charge in [-0.25, -0.2) is 9.59 Å². The van der Waals surface area contributed by atoms with E-state index in [2.05, 4.69) is 14.2 Å². The Morgan fingerprint density at radius 3 is 2.09 bits per heavy atom. The molecule has 1 aromatic carbocycles. The Hall–Kier alpha value is -2.13. The molecule has 1 saturated heterocycles. The van der Waals surface area contributed by atoms with Gasteiger partial charge in [0.1, 0.15) is 0 Å². The van der Waals surface area contributed by atoms with Gasteiger partial charge in [-0.3, -0.25) is 4.31 Å². The number of hydrogen-bond acceptors (Lipinski definition) is 6. The fraction of sp³-hybridized carbons (Fsp3) is 0.385. The maximum atomic E-state index is 12.1. The predicted octanol–water partition coefficient (Wildman–Crippen LogP) is 0.304. The van der Waals surface area contributed by atoms with Gasteiger partial charge in [0.05, 0.1) is 31.0 Å². The van der Waals surface area contributed by atoms with Crippen molar-refractivity contribution in [2.45, 2.75) is 6.42 Å². The van der Waals surface area contributed by atoms with E-state index in [1.54, 1.807) is 0 Å². The van der Waals surface area contributed by atoms with Crippen LogP contribution in [0.5, 0.6) is 0 Å². The van der Waals surface area contributed by atoms with Gasteiger partial charge in [-0.2, -0.15) is 13.1 Å². The van der Waals surface area contributed by atoms with E-state index in [9.17, 15) is 18.0 Å². The minimum absolute atomic E-state index is 0.0705. The quantitative estimate of drug-likeness (QED) is 0.801. The molecular weight excluding hydrogens is 312 g/mol. The Balaban J connectivity index is 2.54. The Morgan fingerprint density at radius 1 is 1.09 bits per heavy atom. The van der Waals surface area contributed by atoms with Gasteiger partial charge in [0.2, 0.25) is 0 Å². The van der Waals surface area contributed by atoms with E-state index >= 15 is 0 Å². The van der Waals surface area contributed by atoms with Crippen molar-refractivity contribution in [3.05, 3.63) is 29.3 Å². The highest BCUT2D eigenvalue weighted by atomic mass is 32.2. The van der Waals surface area contributed by atoms with Gasteiger partial charge in [-0.15, -0.1) is 0 Å². The molecule has 1 fully saturated rings. The van der Waals surface area contributed by atoms with Crippen molar-refractivity contribution in [3.63, 3.8) is 0 Å². The fourth-order valence-electron chi connectivity index (χ4n) is 2.12. The average molecular weight is 328 g/mol. The third kappa shape index (κ3) is 3.20. The van der Waals surface area contributed by atoms with Gasteiger partial charge < -0.3 is 9.47 Å². The lowest BCUT2D eigenvalue weighted by molar-refractivity contribution is 0.0599. The number of carbonyl (C=O) groups is 2. The molecule has 1 aliphatic rings. The molecule has 0 atom stereocenters. The van der Waals surface area contributed by atoms with E-state index in [-0.39, 0.29) is 23.4 Å². The lowest BCUT2D eigenvalue weighted by Gasteiger charge is -2.29. The van der Waals surface area contributed by atoms with Crippen LogP contribution in [0.1, 0.15) is 27.1 Å². The number of rotatable bonds is 3. The lowest BCUT2D eigenvalue weighted by Crippen LogP contribution is -2.47. The summed E-state index contributed by atoms with van der Waals surface area (Å²) >= 11 is 0. The van der Waals surface area contributed by atoms with Crippen LogP contribution in [0.4, 0.5) is 5.69 Å². The van der Waals surface area contributed by atoms with Crippen LogP contribution >= 0.6 is 0 Å². The molecule has 0 aromatic heterocycles. The number of esters is 2. The van der Waals surface area contributed by atoms with E-state index in [1.807, 2.05) is 0 Å². The number of anilines is 1. The molecule has 9 heteroatoms. The van der Waals surface area contributed by atoms with Crippen molar-refractivity contribution >= 4 is 27.8 Å². The van der Waals surface area contributed by atoms with Crippen molar-refractivity contribution in [1.29, 1.82) is 0 Å². The summed E-state index contributed by atoms with van der Waals surface area (Å²) in [5, 5.41) is 0. The van der Waals surface area contributed by atoms with Crippen LogP contribution in [0.25, 0.3) is 0 Å². The molecule has 22 heavy (non-hydrogen) atoms. The maximum Gasteiger partial charge on any atom is 0.337 e. The minimum atomic E-state index is -3.70. The maximum absolute atomic E-state index is 12.1. The van der Waals surface area contributed by atoms with E-state index in [0.29, 0.717) is 13.0 Å². The molecule has 0 aliphatic carbocycles. The Morgan fingerprint density at radius 2 is 1.64 bits per heavy atom. The molecule has 2 rings (SSSR count). The number of nitrogens with zero attached hydrogens (tertiary/aromatic N) is 1. The van der Waals surface area contributed by atoms with Crippen LogP contribution in [0.15, 0.2) is 18.2 Å². The smallest absolute Gasteiger partial charge is 0.337 e. The summed E-state index contributed by atoms with van der Waals surface area (Å²) in [6, 6.07) is 4.02. The standard InChI is InChI=1S/C13H16N2O6S/c1-20-12(16)9-6-10(13(17)21-2)8-11(7-9)15-5-3-4-14-22(15,18)19/h6-8,14H,3-5H2,1-2H3. The summed E-state index contributed by atoms with van der Waals surface area (Å²) in [5.41, 5.74) is 0.345. The van der Waals surface area contributed by atoms with Gasteiger partial charge >= 0.3 is 22.1 Å². The molecule has 0 radical (unpaired) electrons. The van der Waals surface area contributed by atoms with Crippen LogP contribution in [-0.2, 0) is 19.7 Å². The lowest BCUT2D eigenvalue weighted by atomic mass is 10.1. The normalized spacial score (nSPS) is 16.9. The molecule has 1 N–H and O–H groups in total. The molecule has 0 saturated carbocycles. The molecular formula is C13H16N2O6S. The van der Waals surface area contributed by atoms with Crippen LogP contribution in [0.3, 0.4) is 0 Å². The Kier molecular flexibility index (Phi) is 4.67. The van der Waals surface area contributed by atoms with E-state index < -0.39 is 22.1 Å². The highest BCUT2D eigenvalue weighted by Crippen LogP contribution is 2.24. The summed E-state index contributed by atoms with van der Waals surface area (Å²) in [6.45, 7) is 0.597. The second-order valence-electron chi connectivity index (χ2n) is 4.58. The van der Waals surface area contributed by atoms with E-state index in [0.717, 1.165) is 4.31 Å².